The molecule has 1 fully saturated rings. The van der Waals surface area contributed by atoms with Crippen LogP contribution in [0.4, 0.5) is 4.39 Å². The number of hydrogen-bond acceptors (Lipinski definition) is 5. The molecule has 132 valence electrons. The lowest BCUT2D eigenvalue weighted by Gasteiger charge is -2.37. The van der Waals surface area contributed by atoms with Gasteiger partial charge in [-0.15, -0.1) is 5.10 Å². The largest absolute Gasteiger partial charge is 0.492 e. The molecule has 1 N–H and O–H groups in total. The maximum absolute atomic E-state index is 14.6. The number of fused-ring (bicyclic) bond motifs is 1. The Morgan fingerprint density at radius 3 is 2.88 bits per heavy atom. The normalized spacial score (nSPS) is 20.2. The number of piperidine rings is 1. The third kappa shape index (κ3) is 2.91. The van der Waals surface area contributed by atoms with Gasteiger partial charge < -0.3 is 5.11 Å². The van der Waals surface area contributed by atoms with Gasteiger partial charge in [-0.1, -0.05) is 36.5 Å². The van der Waals surface area contributed by atoms with Crippen molar-refractivity contribution in [1.29, 1.82) is 0 Å². The van der Waals surface area contributed by atoms with Crippen LogP contribution in [0.5, 0.6) is 5.88 Å². The number of halogens is 1. The molecule has 1 aliphatic heterocycles. The highest BCUT2D eigenvalue weighted by Crippen LogP contribution is 2.41. The van der Waals surface area contributed by atoms with Gasteiger partial charge in [-0.3, -0.25) is 4.90 Å². The zero-order valence-corrected chi connectivity index (χ0v) is 15.1. The number of benzene rings is 1. The Hall–Kier alpha value is -1.99. The van der Waals surface area contributed by atoms with Gasteiger partial charge in [0, 0.05) is 12.1 Å². The van der Waals surface area contributed by atoms with Crippen LogP contribution in [0.1, 0.15) is 42.1 Å². The molecule has 1 saturated heterocycles. The third-order valence-corrected chi connectivity index (χ3v) is 5.88. The number of aromatic nitrogens is 3. The van der Waals surface area contributed by atoms with Crippen LogP contribution >= 0.6 is 11.3 Å². The lowest BCUT2D eigenvalue weighted by Crippen LogP contribution is -2.38. The molecule has 1 aromatic carbocycles. The molecule has 2 atom stereocenters. The van der Waals surface area contributed by atoms with Crippen molar-refractivity contribution in [3.63, 3.8) is 0 Å². The lowest BCUT2D eigenvalue weighted by molar-refractivity contribution is 0.147. The summed E-state index contributed by atoms with van der Waals surface area (Å²) >= 11 is 1.38. The van der Waals surface area contributed by atoms with Gasteiger partial charge in [0.1, 0.15) is 11.6 Å². The average Bonchev–Trinajstić information content (AvgIpc) is 3.08. The Kier molecular flexibility index (Phi) is 4.21. The summed E-state index contributed by atoms with van der Waals surface area (Å²) in [5.74, 6) is 0.976. The molecule has 3 heterocycles. The van der Waals surface area contributed by atoms with Gasteiger partial charge in [0.05, 0.1) is 10.9 Å². The second-order valence-electron chi connectivity index (χ2n) is 6.81. The molecule has 0 saturated carbocycles. The molecule has 1 aliphatic rings. The molecular formula is C18H21FN4OS. The maximum Gasteiger partial charge on any atom is 0.230 e. The van der Waals surface area contributed by atoms with E-state index in [2.05, 4.69) is 21.9 Å². The fraction of sp³-hybridized carbons (Fsp3) is 0.444. The molecule has 0 spiro atoms. The van der Waals surface area contributed by atoms with E-state index in [1.54, 1.807) is 19.1 Å². The Balaban J connectivity index is 1.85. The van der Waals surface area contributed by atoms with E-state index in [0.29, 0.717) is 27.1 Å². The third-order valence-electron chi connectivity index (χ3n) is 4.81. The molecule has 2 aromatic heterocycles. The van der Waals surface area contributed by atoms with Crippen LogP contribution in [0.3, 0.4) is 0 Å². The van der Waals surface area contributed by atoms with Crippen LogP contribution < -0.4 is 0 Å². The number of aromatic hydroxyl groups is 1. The summed E-state index contributed by atoms with van der Waals surface area (Å²) in [6.07, 6.45) is 2.26. The zero-order chi connectivity index (χ0) is 17.6. The molecule has 3 aromatic rings. The van der Waals surface area contributed by atoms with E-state index in [-0.39, 0.29) is 17.7 Å². The minimum atomic E-state index is -0.322. The monoisotopic (exact) mass is 360 g/mol. The molecule has 4 rings (SSSR count). The number of rotatable bonds is 3. The molecule has 5 nitrogen and oxygen atoms in total. The van der Waals surface area contributed by atoms with Gasteiger partial charge >= 0.3 is 0 Å². The van der Waals surface area contributed by atoms with E-state index in [1.807, 2.05) is 6.07 Å². The minimum Gasteiger partial charge on any atom is -0.492 e. The van der Waals surface area contributed by atoms with Crippen LogP contribution in [0, 0.1) is 18.7 Å². The highest BCUT2D eigenvalue weighted by atomic mass is 32.1. The molecule has 0 bridgehead atoms. The van der Waals surface area contributed by atoms with E-state index < -0.39 is 0 Å². The van der Waals surface area contributed by atoms with Crippen LogP contribution in [0.25, 0.3) is 4.96 Å². The van der Waals surface area contributed by atoms with E-state index in [0.717, 1.165) is 19.5 Å². The number of likely N-dealkylation sites (tertiary alicyclic amines) is 1. The van der Waals surface area contributed by atoms with Crippen LogP contribution in [0.15, 0.2) is 24.3 Å². The summed E-state index contributed by atoms with van der Waals surface area (Å²) < 4.78 is 16.1. The van der Waals surface area contributed by atoms with E-state index >= 15 is 0 Å². The van der Waals surface area contributed by atoms with Crippen LogP contribution in [0.2, 0.25) is 0 Å². The molecule has 0 radical (unpaired) electrons. The molecule has 0 aliphatic carbocycles. The molecule has 7 heteroatoms. The number of aryl methyl sites for hydroxylation is 1. The summed E-state index contributed by atoms with van der Waals surface area (Å²) in [5.41, 5.74) is 0.591. The summed E-state index contributed by atoms with van der Waals surface area (Å²) in [7, 11) is 0. The Bertz CT molecular complexity index is 906. The van der Waals surface area contributed by atoms with Crippen molar-refractivity contribution in [2.45, 2.75) is 32.7 Å². The number of hydrogen-bond donors (Lipinski definition) is 1. The van der Waals surface area contributed by atoms with E-state index in [1.165, 1.54) is 28.3 Å². The lowest BCUT2D eigenvalue weighted by atomic mass is 9.95. The predicted octanol–water partition coefficient (Wildman–Crippen LogP) is 3.77. The van der Waals surface area contributed by atoms with Gasteiger partial charge in [-0.2, -0.15) is 4.52 Å². The van der Waals surface area contributed by atoms with Crippen molar-refractivity contribution < 1.29 is 9.50 Å². The summed E-state index contributed by atoms with van der Waals surface area (Å²) in [4.78, 5) is 7.96. The van der Waals surface area contributed by atoms with Gasteiger partial charge in [-0.05, 0) is 38.3 Å². The molecule has 25 heavy (non-hydrogen) atoms. The summed E-state index contributed by atoms with van der Waals surface area (Å²) in [6, 6.07) is 6.50. The minimum absolute atomic E-state index is 0.0621. The first-order valence-electron chi connectivity index (χ1n) is 8.58. The predicted molar refractivity (Wildman–Crippen MR) is 95.5 cm³/mol. The smallest absolute Gasteiger partial charge is 0.230 e. The fourth-order valence-corrected chi connectivity index (χ4v) is 4.84. The van der Waals surface area contributed by atoms with Crippen molar-refractivity contribution in [3.05, 3.63) is 46.3 Å². The van der Waals surface area contributed by atoms with Gasteiger partial charge in [0.2, 0.25) is 10.8 Å². The standard InChI is InChI=1S/C18H21FN4OS/c1-11-6-5-9-22(10-11)15(13-7-3-4-8-14(13)19)16-17(24)23-18(25-16)20-12(2)21-23/h3-4,7-8,11,15,24H,5-6,9-10H2,1-2H3/t11-,15-/m0/s1. The van der Waals surface area contributed by atoms with Crippen molar-refractivity contribution >= 4 is 16.3 Å². The van der Waals surface area contributed by atoms with Crippen molar-refractivity contribution in [1.82, 2.24) is 19.5 Å². The van der Waals surface area contributed by atoms with Crippen molar-refractivity contribution in [2.75, 3.05) is 13.1 Å². The van der Waals surface area contributed by atoms with Crippen LogP contribution in [-0.4, -0.2) is 37.7 Å². The van der Waals surface area contributed by atoms with Gasteiger partial charge in [0.25, 0.3) is 0 Å². The fourth-order valence-electron chi connectivity index (χ4n) is 3.69. The maximum atomic E-state index is 14.6. The highest BCUT2D eigenvalue weighted by Gasteiger charge is 2.33. The van der Waals surface area contributed by atoms with E-state index in [4.69, 9.17) is 0 Å². The summed E-state index contributed by atoms with van der Waals surface area (Å²) in [5, 5.41) is 15.0. The quantitative estimate of drug-likeness (QED) is 0.773. The van der Waals surface area contributed by atoms with E-state index in [9.17, 15) is 9.50 Å². The van der Waals surface area contributed by atoms with Gasteiger partial charge in [-0.25, -0.2) is 9.37 Å². The average molecular weight is 360 g/mol. The first kappa shape index (κ1) is 16.5. The Morgan fingerprint density at radius 1 is 1.36 bits per heavy atom. The first-order chi connectivity index (χ1) is 12.0. The Morgan fingerprint density at radius 2 is 2.16 bits per heavy atom. The van der Waals surface area contributed by atoms with Crippen LogP contribution in [-0.2, 0) is 0 Å². The van der Waals surface area contributed by atoms with Crippen molar-refractivity contribution in [3.8, 4) is 5.88 Å². The second-order valence-corrected chi connectivity index (χ2v) is 7.82. The topological polar surface area (TPSA) is 53.7 Å². The van der Waals surface area contributed by atoms with Gasteiger partial charge in [0.15, 0.2) is 0 Å². The molecular weight excluding hydrogens is 339 g/mol. The second kappa shape index (κ2) is 6.38. The first-order valence-corrected chi connectivity index (χ1v) is 9.39. The molecule has 0 amide bonds. The number of nitrogens with zero attached hydrogens (tertiary/aromatic N) is 4. The number of thiazole rings is 1. The Labute approximate surface area is 149 Å². The molecule has 0 unspecified atom stereocenters. The van der Waals surface area contributed by atoms with Crippen molar-refractivity contribution in [2.24, 2.45) is 5.92 Å². The highest BCUT2D eigenvalue weighted by molar-refractivity contribution is 7.17. The summed E-state index contributed by atoms with van der Waals surface area (Å²) in [6.45, 7) is 5.77. The SMILES string of the molecule is Cc1nc2sc([C@H](c3ccccc3F)N3CCC[C@H](C)C3)c(O)n2n1. The zero-order valence-electron chi connectivity index (χ0n) is 14.3.